The highest BCUT2D eigenvalue weighted by Gasteiger charge is 2.41. The lowest BCUT2D eigenvalue weighted by atomic mass is 9.81. The Morgan fingerprint density at radius 3 is 2.71 bits per heavy atom. The molecule has 7 heteroatoms. The van der Waals surface area contributed by atoms with E-state index in [2.05, 4.69) is 15.5 Å². The second-order valence-electron chi connectivity index (χ2n) is 7.20. The van der Waals surface area contributed by atoms with Crippen molar-refractivity contribution in [3.05, 3.63) is 22.7 Å². The molecule has 0 radical (unpaired) electrons. The van der Waals surface area contributed by atoms with Crippen LogP contribution in [-0.2, 0) is 10.3 Å². The smallest absolute Gasteiger partial charge is 0.408 e. The van der Waals surface area contributed by atoms with E-state index in [0.717, 1.165) is 37.7 Å². The molecule has 1 fully saturated rings. The summed E-state index contributed by atoms with van der Waals surface area (Å²) in [5.74, 6) is 1.02. The van der Waals surface area contributed by atoms with E-state index in [1.54, 1.807) is 11.3 Å². The predicted octanol–water partition coefficient (Wildman–Crippen LogP) is 4.48. The van der Waals surface area contributed by atoms with E-state index >= 15 is 0 Å². The van der Waals surface area contributed by atoms with Gasteiger partial charge in [-0.1, -0.05) is 24.4 Å². The number of ether oxygens (including phenoxy) is 1. The van der Waals surface area contributed by atoms with Crippen LogP contribution in [0.3, 0.4) is 0 Å². The Morgan fingerprint density at radius 2 is 2.08 bits per heavy atom. The van der Waals surface area contributed by atoms with Crippen molar-refractivity contribution in [3.8, 4) is 11.4 Å². The SMILES string of the molecule is CC(C)(C)OC(=O)NC1(c2nc(-c3ccsc3)no2)CCCCC1. The van der Waals surface area contributed by atoms with Crippen LogP contribution in [0.4, 0.5) is 4.79 Å². The first-order valence-electron chi connectivity index (χ1n) is 8.26. The molecule has 0 bridgehead atoms. The maximum Gasteiger partial charge on any atom is 0.408 e. The fourth-order valence-electron chi connectivity index (χ4n) is 2.97. The summed E-state index contributed by atoms with van der Waals surface area (Å²) >= 11 is 1.58. The average Bonchev–Trinajstić information content (AvgIpc) is 3.17. The Bertz CT molecular complexity index is 682. The molecule has 0 aromatic carbocycles. The van der Waals surface area contributed by atoms with Gasteiger partial charge in [0.1, 0.15) is 11.1 Å². The Kier molecular flexibility index (Phi) is 4.62. The molecule has 0 atom stereocenters. The first-order chi connectivity index (χ1) is 11.4. The van der Waals surface area contributed by atoms with Crippen LogP contribution >= 0.6 is 11.3 Å². The lowest BCUT2D eigenvalue weighted by Gasteiger charge is -2.35. The number of nitrogens with one attached hydrogen (secondary N) is 1. The van der Waals surface area contributed by atoms with Gasteiger partial charge in [0.15, 0.2) is 0 Å². The molecule has 3 rings (SSSR count). The van der Waals surface area contributed by atoms with Crippen LogP contribution in [0, 0.1) is 0 Å². The van der Waals surface area contributed by atoms with Crippen molar-refractivity contribution in [3.63, 3.8) is 0 Å². The van der Waals surface area contributed by atoms with E-state index in [4.69, 9.17) is 9.26 Å². The molecule has 1 aliphatic rings. The fourth-order valence-corrected chi connectivity index (χ4v) is 3.61. The van der Waals surface area contributed by atoms with Crippen molar-refractivity contribution in [2.45, 2.75) is 64.0 Å². The molecule has 2 heterocycles. The number of hydrogen-bond donors (Lipinski definition) is 1. The van der Waals surface area contributed by atoms with Gasteiger partial charge in [-0.05, 0) is 45.1 Å². The third kappa shape index (κ3) is 3.77. The zero-order chi connectivity index (χ0) is 17.2. The molecule has 6 nitrogen and oxygen atoms in total. The van der Waals surface area contributed by atoms with Gasteiger partial charge in [-0.3, -0.25) is 0 Å². The number of thiophene rings is 1. The van der Waals surface area contributed by atoms with Crippen molar-refractivity contribution in [1.82, 2.24) is 15.5 Å². The molecule has 1 N–H and O–H groups in total. The van der Waals surface area contributed by atoms with Gasteiger partial charge in [0.2, 0.25) is 5.82 Å². The van der Waals surface area contributed by atoms with E-state index in [9.17, 15) is 4.79 Å². The Labute approximate surface area is 145 Å². The summed E-state index contributed by atoms with van der Waals surface area (Å²) in [5.41, 5.74) is -0.253. The number of carbonyl (C=O) groups is 1. The molecule has 1 amide bonds. The summed E-state index contributed by atoms with van der Waals surface area (Å²) in [6.45, 7) is 5.55. The minimum absolute atomic E-state index is 0.445. The van der Waals surface area contributed by atoms with Gasteiger partial charge in [0.05, 0.1) is 0 Å². The fraction of sp³-hybridized carbons (Fsp3) is 0.588. The van der Waals surface area contributed by atoms with Crippen LogP contribution in [0.1, 0.15) is 58.8 Å². The lowest BCUT2D eigenvalue weighted by molar-refractivity contribution is 0.0384. The summed E-state index contributed by atoms with van der Waals surface area (Å²) in [5, 5.41) is 11.0. The largest absolute Gasteiger partial charge is 0.444 e. The molecule has 2 aromatic heterocycles. The van der Waals surface area contributed by atoms with Crippen LogP contribution < -0.4 is 5.32 Å². The van der Waals surface area contributed by atoms with Crippen molar-refractivity contribution in [2.75, 3.05) is 0 Å². The molecular formula is C17H23N3O3S. The zero-order valence-corrected chi connectivity index (χ0v) is 15.1. The number of alkyl carbamates (subject to hydrolysis) is 1. The lowest BCUT2D eigenvalue weighted by Crippen LogP contribution is -2.49. The highest BCUT2D eigenvalue weighted by atomic mass is 32.1. The van der Waals surface area contributed by atoms with Crippen LogP contribution in [-0.4, -0.2) is 21.8 Å². The van der Waals surface area contributed by atoms with Crippen molar-refractivity contribution >= 4 is 17.4 Å². The number of aromatic nitrogens is 2. The van der Waals surface area contributed by atoms with E-state index in [-0.39, 0.29) is 0 Å². The Morgan fingerprint density at radius 1 is 1.33 bits per heavy atom. The molecule has 0 aliphatic heterocycles. The van der Waals surface area contributed by atoms with Crippen molar-refractivity contribution < 1.29 is 14.1 Å². The number of hydrogen-bond acceptors (Lipinski definition) is 6. The van der Waals surface area contributed by atoms with Gasteiger partial charge in [0, 0.05) is 10.9 Å². The average molecular weight is 349 g/mol. The first-order valence-corrected chi connectivity index (χ1v) is 9.20. The van der Waals surface area contributed by atoms with Crippen molar-refractivity contribution in [1.29, 1.82) is 0 Å². The molecule has 24 heavy (non-hydrogen) atoms. The molecule has 130 valence electrons. The molecule has 2 aromatic rings. The second-order valence-corrected chi connectivity index (χ2v) is 7.98. The number of amides is 1. The summed E-state index contributed by atoms with van der Waals surface area (Å²) in [6.07, 6.45) is 4.26. The molecule has 1 saturated carbocycles. The summed E-state index contributed by atoms with van der Waals surface area (Å²) in [7, 11) is 0. The molecule has 0 saturated heterocycles. The summed E-state index contributed by atoms with van der Waals surface area (Å²) in [6, 6.07) is 1.95. The minimum Gasteiger partial charge on any atom is -0.444 e. The third-order valence-corrected chi connectivity index (χ3v) is 4.75. The molecule has 0 unspecified atom stereocenters. The van der Waals surface area contributed by atoms with E-state index in [0.29, 0.717) is 11.7 Å². The molecule has 1 aliphatic carbocycles. The summed E-state index contributed by atoms with van der Waals surface area (Å²) < 4.78 is 11.0. The van der Waals surface area contributed by atoms with Crippen LogP contribution in [0.2, 0.25) is 0 Å². The second kappa shape index (κ2) is 6.55. The monoisotopic (exact) mass is 349 g/mol. The van der Waals surface area contributed by atoms with Crippen molar-refractivity contribution in [2.24, 2.45) is 0 Å². The maximum atomic E-state index is 12.3. The highest BCUT2D eigenvalue weighted by Crippen LogP contribution is 2.37. The van der Waals surface area contributed by atoms with Crippen LogP contribution in [0.5, 0.6) is 0 Å². The number of rotatable bonds is 3. The topological polar surface area (TPSA) is 77.2 Å². The van der Waals surface area contributed by atoms with Gasteiger partial charge in [0.25, 0.3) is 5.89 Å². The highest BCUT2D eigenvalue weighted by molar-refractivity contribution is 7.08. The summed E-state index contributed by atoms with van der Waals surface area (Å²) in [4.78, 5) is 16.9. The first kappa shape index (κ1) is 17.0. The van der Waals surface area contributed by atoms with E-state index < -0.39 is 17.2 Å². The molecular weight excluding hydrogens is 326 g/mol. The van der Waals surface area contributed by atoms with Gasteiger partial charge in [-0.25, -0.2) is 4.79 Å². The normalized spacial score (nSPS) is 17.5. The van der Waals surface area contributed by atoms with Crippen LogP contribution in [0.15, 0.2) is 21.3 Å². The van der Waals surface area contributed by atoms with Gasteiger partial charge in [-0.2, -0.15) is 16.3 Å². The predicted molar refractivity (Wildman–Crippen MR) is 91.7 cm³/mol. The quantitative estimate of drug-likeness (QED) is 0.884. The minimum atomic E-state index is -0.637. The Balaban J connectivity index is 1.85. The standard InChI is InChI=1S/C17H23N3O3S/c1-16(2,3)22-15(21)19-17(8-5-4-6-9-17)14-18-13(20-23-14)12-7-10-24-11-12/h7,10-11H,4-6,8-9H2,1-3H3,(H,19,21). The van der Waals surface area contributed by atoms with E-state index in [1.807, 2.05) is 37.6 Å². The third-order valence-electron chi connectivity index (χ3n) is 4.06. The maximum absolute atomic E-state index is 12.3. The number of nitrogens with zero attached hydrogens (tertiary/aromatic N) is 2. The zero-order valence-electron chi connectivity index (χ0n) is 14.3. The Hall–Kier alpha value is -1.89. The van der Waals surface area contributed by atoms with Gasteiger partial charge >= 0.3 is 6.09 Å². The van der Waals surface area contributed by atoms with Crippen LogP contribution in [0.25, 0.3) is 11.4 Å². The number of carbonyl (C=O) groups excluding carboxylic acids is 1. The van der Waals surface area contributed by atoms with Gasteiger partial charge < -0.3 is 14.6 Å². The molecule has 0 spiro atoms. The van der Waals surface area contributed by atoms with E-state index in [1.165, 1.54) is 0 Å². The van der Waals surface area contributed by atoms with Gasteiger partial charge in [-0.15, -0.1) is 0 Å².